The van der Waals surface area contributed by atoms with E-state index in [0.29, 0.717) is 25.5 Å². The topological polar surface area (TPSA) is 64.0 Å². The van der Waals surface area contributed by atoms with Crippen LogP contribution in [0.3, 0.4) is 0 Å². The lowest BCUT2D eigenvalue weighted by Gasteiger charge is -2.34. The number of hydrogen-bond acceptors (Lipinski definition) is 5. The van der Waals surface area contributed by atoms with E-state index in [2.05, 4.69) is 4.98 Å². The van der Waals surface area contributed by atoms with Crippen LogP contribution in [0.5, 0.6) is 0 Å². The summed E-state index contributed by atoms with van der Waals surface area (Å²) in [6, 6.07) is 24.0. The van der Waals surface area contributed by atoms with Crippen molar-refractivity contribution in [3.63, 3.8) is 0 Å². The Hall–Kier alpha value is -3.51. The van der Waals surface area contributed by atoms with Gasteiger partial charge in [0.2, 0.25) is 0 Å². The zero-order valence-corrected chi connectivity index (χ0v) is 21.3. The molecule has 35 heavy (non-hydrogen) atoms. The molecule has 4 rings (SSSR count). The number of pyridine rings is 1. The number of benzene rings is 2. The molecule has 0 radical (unpaired) electrons. The highest BCUT2D eigenvalue weighted by molar-refractivity contribution is 6.13. The monoisotopic (exact) mass is 473 g/mol. The van der Waals surface area contributed by atoms with Crippen LogP contribution in [0.2, 0.25) is 0 Å². The maximum absolute atomic E-state index is 12.5. The standard InChI is InChI=1S/C27H29N3O3.C2H6/c1-27(2,3)33-26(31)30-16-17-32-23(19-30)22-14-15-24(28-18-22)29-25(20-10-6-4-7-11-20)21-12-8-5-9-13-21;1-2/h4-15,18,23H,16-17,19H2,1-3H3;1-2H3. The van der Waals surface area contributed by atoms with Crippen molar-refractivity contribution < 1.29 is 14.3 Å². The summed E-state index contributed by atoms with van der Waals surface area (Å²) in [5, 5.41) is 0. The lowest BCUT2D eigenvalue weighted by Crippen LogP contribution is -2.44. The molecule has 1 amide bonds. The summed E-state index contributed by atoms with van der Waals surface area (Å²) >= 11 is 0. The van der Waals surface area contributed by atoms with Crippen LogP contribution >= 0.6 is 0 Å². The molecule has 1 unspecified atom stereocenters. The van der Waals surface area contributed by atoms with Gasteiger partial charge in [-0.15, -0.1) is 0 Å². The van der Waals surface area contributed by atoms with Gasteiger partial charge in [0, 0.05) is 29.4 Å². The highest BCUT2D eigenvalue weighted by Crippen LogP contribution is 2.25. The number of hydrogen-bond donors (Lipinski definition) is 0. The number of amides is 1. The number of ether oxygens (including phenoxy) is 2. The Morgan fingerprint density at radius 1 is 0.971 bits per heavy atom. The predicted molar refractivity (Wildman–Crippen MR) is 140 cm³/mol. The van der Waals surface area contributed by atoms with E-state index in [0.717, 1.165) is 22.4 Å². The Balaban J connectivity index is 0.00000167. The number of rotatable bonds is 4. The predicted octanol–water partition coefficient (Wildman–Crippen LogP) is 6.59. The Kier molecular flexibility index (Phi) is 9.15. The minimum Gasteiger partial charge on any atom is -0.444 e. The van der Waals surface area contributed by atoms with E-state index in [1.807, 2.05) is 107 Å². The summed E-state index contributed by atoms with van der Waals surface area (Å²) < 4.78 is 11.4. The van der Waals surface area contributed by atoms with E-state index in [9.17, 15) is 4.79 Å². The molecule has 2 aromatic carbocycles. The molecule has 1 aliphatic rings. The molecule has 0 bridgehead atoms. The second-order valence-corrected chi connectivity index (χ2v) is 8.93. The van der Waals surface area contributed by atoms with Crippen molar-refractivity contribution in [3.05, 3.63) is 95.7 Å². The average Bonchev–Trinajstić information content (AvgIpc) is 2.89. The molecule has 0 spiro atoms. The van der Waals surface area contributed by atoms with Gasteiger partial charge in [-0.2, -0.15) is 0 Å². The van der Waals surface area contributed by atoms with Gasteiger partial charge in [0.15, 0.2) is 5.82 Å². The van der Waals surface area contributed by atoms with Gasteiger partial charge in [0.25, 0.3) is 0 Å². The van der Waals surface area contributed by atoms with E-state index < -0.39 is 5.60 Å². The van der Waals surface area contributed by atoms with Gasteiger partial charge in [-0.25, -0.2) is 14.8 Å². The summed E-state index contributed by atoms with van der Waals surface area (Å²) in [6.07, 6.45) is 1.20. The molecule has 3 aromatic rings. The van der Waals surface area contributed by atoms with Crippen molar-refractivity contribution in [2.24, 2.45) is 4.99 Å². The third-order valence-electron chi connectivity index (χ3n) is 5.18. The summed E-state index contributed by atoms with van der Waals surface area (Å²) in [5.41, 5.74) is 3.29. The third-order valence-corrected chi connectivity index (χ3v) is 5.18. The fraction of sp³-hybridized carbons (Fsp3) is 0.345. The van der Waals surface area contributed by atoms with Gasteiger partial charge < -0.3 is 14.4 Å². The number of morpholine rings is 1. The molecule has 6 heteroatoms. The lowest BCUT2D eigenvalue weighted by molar-refractivity contribution is -0.0433. The van der Waals surface area contributed by atoms with Crippen LogP contribution in [0, 0.1) is 0 Å². The molecule has 1 fully saturated rings. The lowest BCUT2D eigenvalue weighted by atomic mass is 10.0. The fourth-order valence-corrected chi connectivity index (χ4v) is 3.60. The molecule has 1 atom stereocenters. The molecule has 2 heterocycles. The highest BCUT2D eigenvalue weighted by Gasteiger charge is 2.29. The highest BCUT2D eigenvalue weighted by atomic mass is 16.6. The van der Waals surface area contributed by atoms with Crippen LogP contribution in [0.4, 0.5) is 10.6 Å². The summed E-state index contributed by atoms with van der Waals surface area (Å²) in [6.45, 7) is 11.0. The van der Waals surface area contributed by atoms with Crippen LogP contribution in [-0.2, 0) is 9.47 Å². The van der Waals surface area contributed by atoms with Crippen LogP contribution in [0.25, 0.3) is 0 Å². The summed E-state index contributed by atoms with van der Waals surface area (Å²) in [4.78, 5) is 23.6. The largest absolute Gasteiger partial charge is 0.444 e. The van der Waals surface area contributed by atoms with Gasteiger partial charge >= 0.3 is 6.09 Å². The molecule has 0 N–H and O–H groups in total. The minimum absolute atomic E-state index is 0.250. The fourth-order valence-electron chi connectivity index (χ4n) is 3.60. The smallest absolute Gasteiger partial charge is 0.410 e. The zero-order valence-electron chi connectivity index (χ0n) is 21.3. The second kappa shape index (κ2) is 12.3. The molecule has 1 aromatic heterocycles. The Morgan fingerprint density at radius 2 is 1.57 bits per heavy atom. The van der Waals surface area contributed by atoms with Crippen molar-refractivity contribution in [2.75, 3.05) is 19.7 Å². The second-order valence-electron chi connectivity index (χ2n) is 8.93. The van der Waals surface area contributed by atoms with Crippen LogP contribution in [0.1, 0.15) is 57.4 Å². The van der Waals surface area contributed by atoms with Crippen molar-refractivity contribution in [1.29, 1.82) is 0 Å². The van der Waals surface area contributed by atoms with E-state index in [1.54, 1.807) is 11.1 Å². The van der Waals surface area contributed by atoms with Crippen molar-refractivity contribution in [2.45, 2.75) is 46.3 Å². The third kappa shape index (κ3) is 7.49. The Morgan fingerprint density at radius 3 is 2.09 bits per heavy atom. The number of carbonyl (C=O) groups excluding carboxylic acids is 1. The number of nitrogens with zero attached hydrogens (tertiary/aromatic N) is 3. The van der Waals surface area contributed by atoms with E-state index >= 15 is 0 Å². The minimum atomic E-state index is -0.526. The SMILES string of the molecule is CC.CC(C)(C)OC(=O)N1CCOC(c2ccc(N=C(c3ccccc3)c3ccccc3)nc2)C1. The maximum Gasteiger partial charge on any atom is 0.410 e. The van der Waals surface area contributed by atoms with E-state index in [4.69, 9.17) is 14.5 Å². The average molecular weight is 474 g/mol. The molecular weight excluding hydrogens is 438 g/mol. The van der Waals surface area contributed by atoms with Crippen molar-refractivity contribution in [3.8, 4) is 0 Å². The van der Waals surface area contributed by atoms with Crippen LogP contribution < -0.4 is 0 Å². The van der Waals surface area contributed by atoms with Gasteiger partial charge in [-0.1, -0.05) is 80.6 Å². The van der Waals surface area contributed by atoms with Gasteiger partial charge in [-0.3, -0.25) is 0 Å². The molecule has 0 aliphatic carbocycles. The van der Waals surface area contributed by atoms with Gasteiger partial charge in [-0.05, 0) is 26.8 Å². The molecule has 6 nitrogen and oxygen atoms in total. The van der Waals surface area contributed by atoms with Crippen molar-refractivity contribution in [1.82, 2.24) is 9.88 Å². The van der Waals surface area contributed by atoms with Gasteiger partial charge in [0.1, 0.15) is 11.7 Å². The Bertz CT molecular complexity index is 1050. The van der Waals surface area contributed by atoms with E-state index in [1.165, 1.54) is 0 Å². The molecule has 0 saturated carbocycles. The van der Waals surface area contributed by atoms with Gasteiger partial charge in [0.05, 0.1) is 18.9 Å². The normalized spacial score (nSPS) is 15.5. The molecule has 1 saturated heterocycles. The quantitative estimate of drug-likeness (QED) is 0.401. The van der Waals surface area contributed by atoms with Crippen LogP contribution in [-0.4, -0.2) is 47.0 Å². The first-order chi connectivity index (χ1) is 16.9. The number of aliphatic imine (C=N–C) groups is 1. The first-order valence-corrected chi connectivity index (χ1v) is 12.1. The molecule has 184 valence electrons. The number of carbonyl (C=O) groups is 1. The molecular formula is C29H35N3O3. The first-order valence-electron chi connectivity index (χ1n) is 12.1. The maximum atomic E-state index is 12.5. The molecule has 1 aliphatic heterocycles. The van der Waals surface area contributed by atoms with Crippen molar-refractivity contribution >= 4 is 17.6 Å². The Labute approximate surface area is 208 Å². The number of aromatic nitrogens is 1. The summed E-state index contributed by atoms with van der Waals surface area (Å²) in [7, 11) is 0. The zero-order chi connectivity index (χ0) is 25.3. The van der Waals surface area contributed by atoms with E-state index in [-0.39, 0.29) is 12.2 Å². The van der Waals surface area contributed by atoms with Crippen LogP contribution in [0.15, 0.2) is 84.0 Å². The first kappa shape index (κ1) is 26.1. The summed E-state index contributed by atoms with van der Waals surface area (Å²) in [5.74, 6) is 0.612.